The first kappa shape index (κ1) is 25.8. The van der Waals surface area contributed by atoms with Gasteiger partial charge in [-0.1, -0.05) is 18.2 Å². The van der Waals surface area contributed by atoms with Gasteiger partial charge in [-0.2, -0.15) is 5.26 Å². The van der Waals surface area contributed by atoms with E-state index in [1.54, 1.807) is 6.20 Å². The lowest BCUT2D eigenvalue weighted by Crippen LogP contribution is -2.10. The normalized spacial score (nSPS) is 19.3. The summed E-state index contributed by atoms with van der Waals surface area (Å²) < 4.78 is 12.0. The average Bonchev–Trinajstić information content (AvgIpc) is 3.48. The van der Waals surface area contributed by atoms with E-state index in [0.717, 1.165) is 52.8 Å². The minimum Gasteiger partial charge on any atom is -0.494 e. The number of pyridine rings is 1. The predicted octanol–water partition coefficient (Wildman–Crippen LogP) is 6.62. The summed E-state index contributed by atoms with van der Waals surface area (Å²) in [6.07, 6.45) is 4.24. The second kappa shape index (κ2) is 10.1. The number of nitriles is 1. The van der Waals surface area contributed by atoms with Gasteiger partial charge in [0.15, 0.2) is 0 Å². The van der Waals surface area contributed by atoms with Gasteiger partial charge < -0.3 is 14.6 Å². The van der Waals surface area contributed by atoms with Gasteiger partial charge >= 0.3 is 5.97 Å². The molecule has 6 heteroatoms. The first-order valence-electron chi connectivity index (χ1n) is 13.3. The van der Waals surface area contributed by atoms with Crippen LogP contribution in [0.25, 0.3) is 11.1 Å². The summed E-state index contributed by atoms with van der Waals surface area (Å²) >= 11 is 0. The number of aromatic nitrogens is 1. The number of carboxylic acid groups (broad SMARTS) is 1. The van der Waals surface area contributed by atoms with Gasteiger partial charge in [0.25, 0.3) is 0 Å². The molecule has 1 aromatic heterocycles. The van der Waals surface area contributed by atoms with Gasteiger partial charge in [-0.15, -0.1) is 0 Å². The Kier molecular flexibility index (Phi) is 6.88. The molecule has 0 unspecified atom stereocenters. The molecule has 0 spiro atoms. The third-order valence-electron chi connectivity index (χ3n) is 7.89. The molecule has 0 radical (unpaired) electrons. The van der Waals surface area contributed by atoms with Crippen molar-refractivity contribution in [2.24, 2.45) is 17.3 Å². The second-order valence-corrected chi connectivity index (χ2v) is 11.3. The number of hydrogen-bond acceptors (Lipinski definition) is 5. The molecule has 1 heterocycles. The largest absolute Gasteiger partial charge is 0.494 e. The molecule has 0 bridgehead atoms. The number of aryl methyl sites for hydroxylation is 2. The third kappa shape index (κ3) is 5.24. The fourth-order valence-electron chi connectivity index (χ4n) is 5.88. The highest BCUT2D eigenvalue weighted by molar-refractivity contribution is 5.77. The summed E-state index contributed by atoms with van der Waals surface area (Å²) in [5.74, 6) is 0.833. The minimum absolute atomic E-state index is 0.125. The Morgan fingerprint density at radius 1 is 1.16 bits per heavy atom. The summed E-state index contributed by atoms with van der Waals surface area (Å²) in [5, 5.41) is 18.5. The van der Waals surface area contributed by atoms with E-state index in [1.165, 1.54) is 11.1 Å². The Hall–Kier alpha value is -3.85. The quantitative estimate of drug-likeness (QED) is 0.308. The van der Waals surface area contributed by atoms with E-state index in [1.807, 2.05) is 32.0 Å². The predicted molar refractivity (Wildman–Crippen MR) is 145 cm³/mol. The number of benzene rings is 2. The third-order valence-corrected chi connectivity index (χ3v) is 7.89. The highest BCUT2D eigenvalue weighted by Crippen LogP contribution is 2.61. The molecular formula is C32H34N2O4. The van der Waals surface area contributed by atoms with Crippen LogP contribution in [-0.2, 0) is 17.8 Å². The van der Waals surface area contributed by atoms with E-state index in [4.69, 9.17) is 9.47 Å². The zero-order valence-electron chi connectivity index (χ0n) is 22.5. The fraction of sp³-hybridized carbons (Fsp3) is 0.406. The van der Waals surface area contributed by atoms with Crippen LogP contribution in [0.15, 0.2) is 48.7 Å². The molecule has 0 aliphatic heterocycles. The van der Waals surface area contributed by atoms with Crippen LogP contribution < -0.4 is 9.47 Å². The van der Waals surface area contributed by atoms with Gasteiger partial charge in [-0.3, -0.25) is 4.79 Å². The van der Waals surface area contributed by atoms with E-state index in [9.17, 15) is 15.2 Å². The number of carboxylic acids is 1. The number of carbonyl (C=O) groups is 1. The van der Waals surface area contributed by atoms with Crippen LogP contribution >= 0.6 is 0 Å². The van der Waals surface area contributed by atoms with Crippen molar-refractivity contribution < 1.29 is 19.4 Å². The second-order valence-electron chi connectivity index (χ2n) is 11.3. The summed E-state index contributed by atoms with van der Waals surface area (Å²) in [6, 6.07) is 16.8. The Bertz CT molecular complexity index is 1400. The highest BCUT2D eigenvalue weighted by atomic mass is 16.5. The summed E-state index contributed by atoms with van der Waals surface area (Å²) in [5.41, 5.74) is 7.58. The van der Waals surface area contributed by atoms with Crippen molar-refractivity contribution >= 4 is 5.97 Å². The Labute approximate surface area is 224 Å². The Morgan fingerprint density at radius 3 is 2.63 bits per heavy atom. The zero-order valence-corrected chi connectivity index (χ0v) is 22.5. The maximum absolute atomic E-state index is 11.3. The Balaban J connectivity index is 1.22. The molecule has 196 valence electrons. The van der Waals surface area contributed by atoms with E-state index in [2.05, 4.69) is 49.2 Å². The SMILES string of the molecule is Cc1cc(OCCCC(C)(C)C#N)cc(C)c1-c1cccc(COc2cc3c(cn2)[C@H]2[C@@H](C3)[C@@H]2C(=O)O)c1. The van der Waals surface area contributed by atoms with Crippen LogP contribution in [-0.4, -0.2) is 22.7 Å². The molecule has 5 rings (SSSR count). The van der Waals surface area contributed by atoms with Crippen LogP contribution in [0.1, 0.15) is 60.4 Å². The van der Waals surface area contributed by atoms with Crippen LogP contribution in [0.3, 0.4) is 0 Å². The number of ether oxygens (including phenoxy) is 2. The van der Waals surface area contributed by atoms with Gasteiger partial charge in [0, 0.05) is 18.2 Å². The van der Waals surface area contributed by atoms with E-state index in [0.29, 0.717) is 19.1 Å². The van der Waals surface area contributed by atoms with E-state index < -0.39 is 5.97 Å². The van der Waals surface area contributed by atoms with E-state index in [-0.39, 0.29) is 23.2 Å². The molecule has 2 aliphatic rings. The summed E-state index contributed by atoms with van der Waals surface area (Å²) in [7, 11) is 0. The number of rotatable bonds is 10. The molecule has 1 N–H and O–H groups in total. The molecule has 6 nitrogen and oxygen atoms in total. The monoisotopic (exact) mass is 510 g/mol. The molecule has 38 heavy (non-hydrogen) atoms. The fourth-order valence-corrected chi connectivity index (χ4v) is 5.88. The topological polar surface area (TPSA) is 92.4 Å². The Morgan fingerprint density at radius 2 is 1.92 bits per heavy atom. The molecular weight excluding hydrogens is 476 g/mol. The smallest absolute Gasteiger partial charge is 0.307 e. The summed E-state index contributed by atoms with van der Waals surface area (Å²) in [6.45, 7) is 9.11. The molecule has 3 aromatic rings. The van der Waals surface area contributed by atoms with Gasteiger partial charge in [-0.05, 0) is 110 Å². The lowest BCUT2D eigenvalue weighted by Gasteiger charge is -2.17. The molecule has 2 aliphatic carbocycles. The van der Waals surface area contributed by atoms with Gasteiger partial charge in [0.1, 0.15) is 12.4 Å². The van der Waals surface area contributed by atoms with Crippen molar-refractivity contribution in [2.45, 2.75) is 59.5 Å². The first-order chi connectivity index (χ1) is 18.2. The van der Waals surface area contributed by atoms with Crippen LogP contribution in [0.2, 0.25) is 0 Å². The number of fused-ring (bicyclic) bond motifs is 3. The van der Waals surface area contributed by atoms with Crippen LogP contribution in [0.4, 0.5) is 0 Å². The molecule has 3 atom stereocenters. The van der Waals surface area contributed by atoms with Crippen molar-refractivity contribution in [3.63, 3.8) is 0 Å². The number of nitrogens with zero attached hydrogens (tertiary/aromatic N) is 2. The van der Waals surface area contributed by atoms with Gasteiger partial charge in [-0.25, -0.2) is 4.98 Å². The summed E-state index contributed by atoms with van der Waals surface area (Å²) in [4.78, 5) is 15.8. The maximum Gasteiger partial charge on any atom is 0.307 e. The molecule has 1 fully saturated rings. The number of aliphatic carboxylic acids is 1. The highest BCUT2D eigenvalue weighted by Gasteiger charge is 2.59. The van der Waals surface area contributed by atoms with Crippen molar-refractivity contribution in [3.8, 4) is 28.8 Å². The van der Waals surface area contributed by atoms with Crippen LogP contribution in [0.5, 0.6) is 11.6 Å². The lowest BCUT2D eigenvalue weighted by atomic mass is 9.90. The van der Waals surface area contributed by atoms with Crippen molar-refractivity contribution in [2.75, 3.05) is 6.61 Å². The minimum atomic E-state index is -0.699. The van der Waals surface area contributed by atoms with Crippen molar-refractivity contribution in [1.29, 1.82) is 5.26 Å². The van der Waals surface area contributed by atoms with Crippen LogP contribution in [0, 0.1) is 42.4 Å². The van der Waals surface area contributed by atoms with Crippen molar-refractivity contribution in [1.82, 2.24) is 4.98 Å². The molecule has 0 saturated heterocycles. The van der Waals surface area contributed by atoms with Crippen molar-refractivity contribution in [3.05, 3.63) is 76.5 Å². The first-order valence-corrected chi connectivity index (χ1v) is 13.3. The maximum atomic E-state index is 11.3. The molecule has 0 amide bonds. The molecule has 2 aromatic carbocycles. The standard InChI is InChI=1S/C32H34N2O4/c1-19-11-24(37-10-6-9-32(3,4)18-33)12-20(2)28(19)22-8-5-7-21(13-22)17-38-27-15-23-14-25-29(26(23)16-34-27)30(25)31(35)36/h5,7-8,11-13,15-16,25,29-30H,6,9-10,14,17H2,1-4H3,(H,35,36)/t25-,29-,30+/m1/s1. The number of hydrogen-bond donors (Lipinski definition) is 1. The van der Waals surface area contributed by atoms with E-state index >= 15 is 0 Å². The lowest BCUT2D eigenvalue weighted by molar-refractivity contribution is -0.139. The van der Waals surface area contributed by atoms with Gasteiger partial charge in [0.2, 0.25) is 5.88 Å². The molecule has 1 saturated carbocycles. The average molecular weight is 511 g/mol. The zero-order chi connectivity index (χ0) is 27.0. The van der Waals surface area contributed by atoms with Gasteiger partial charge in [0.05, 0.1) is 24.0 Å².